The predicted molar refractivity (Wildman–Crippen MR) is 113 cm³/mol. The number of nitrogens with zero attached hydrogens (tertiary/aromatic N) is 1. The van der Waals surface area contributed by atoms with Gasteiger partial charge < -0.3 is 9.64 Å². The molecule has 6 nitrogen and oxygen atoms in total. The highest BCUT2D eigenvalue weighted by molar-refractivity contribution is 7.89. The summed E-state index contributed by atoms with van der Waals surface area (Å²) < 4.78 is 33.2. The summed E-state index contributed by atoms with van der Waals surface area (Å²) in [5.41, 5.74) is 1.11. The summed E-state index contributed by atoms with van der Waals surface area (Å²) in [6, 6.07) is 9.95. The highest BCUT2D eigenvalue weighted by atomic mass is 35.5. The molecule has 156 valence electrons. The van der Waals surface area contributed by atoms with Gasteiger partial charge in [0.15, 0.2) is 0 Å². The molecule has 0 spiro atoms. The van der Waals surface area contributed by atoms with Crippen molar-refractivity contribution in [2.45, 2.75) is 24.2 Å². The normalized spacial score (nSPS) is 14.2. The van der Waals surface area contributed by atoms with Crippen LogP contribution in [-0.2, 0) is 16.4 Å². The quantitative estimate of drug-likeness (QED) is 0.687. The molecule has 1 heterocycles. The molecule has 0 aromatic heterocycles. The van der Waals surface area contributed by atoms with E-state index in [1.807, 2.05) is 24.3 Å². The van der Waals surface area contributed by atoms with Crippen LogP contribution >= 0.6 is 23.2 Å². The van der Waals surface area contributed by atoms with Crippen LogP contribution in [0, 0.1) is 0 Å². The third kappa shape index (κ3) is 5.22. The molecule has 1 N–H and O–H groups in total. The van der Waals surface area contributed by atoms with Crippen molar-refractivity contribution in [1.82, 2.24) is 9.62 Å². The largest absolute Gasteiger partial charge is 0.497 e. The number of nitrogens with one attached hydrogen (secondary N) is 1. The first kappa shape index (κ1) is 21.9. The summed E-state index contributed by atoms with van der Waals surface area (Å²) >= 11 is 12.3. The first-order valence-corrected chi connectivity index (χ1v) is 11.5. The van der Waals surface area contributed by atoms with E-state index in [4.69, 9.17) is 27.9 Å². The number of ether oxygens (including phenoxy) is 1. The maximum Gasteiger partial charge on any atom is 0.255 e. The summed E-state index contributed by atoms with van der Waals surface area (Å²) in [6.07, 6.45) is 2.35. The molecule has 1 aliphatic heterocycles. The Morgan fingerprint density at radius 1 is 1.10 bits per heavy atom. The van der Waals surface area contributed by atoms with Gasteiger partial charge in [0.1, 0.15) is 10.6 Å². The van der Waals surface area contributed by atoms with E-state index in [0.29, 0.717) is 19.5 Å². The van der Waals surface area contributed by atoms with E-state index in [9.17, 15) is 13.2 Å². The van der Waals surface area contributed by atoms with Gasteiger partial charge in [-0.15, -0.1) is 0 Å². The van der Waals surface area contributed by atoms with Crippen molar-refractivity contribution in [3.05, 3.63) is 57.6 Å². The van der Waals surface area contributed by atoms with Crippen molar-refractivity contribution in [3.8, 4) is 5.75 Å². The lowest BCUT2D eigenvalue weighted by Gasteiger charge is -2.17. The topological polar surface area (TPSA) is 75.7 Å². The number of benzene rings is 2. The van der Waals surface area contributed by atoms with Gasteiger partial charge in [0, 0.05) is 19.6 Å². The fourth-order valence-corrected chi connectivity index (χ4v) is 5.07. The molecule has 2 aromatic carbocycles. The minimum atomic E-state index is -3.91. The molecule has 9 heteroatoms. The van der Waals surface area contributed by atoms with Gasteiger partial charge in [0.2, 0.25) is 10.0 Å². The second-order valence-electron chi connectivity index (χ2n) is 6.76. The van der Waals surface area contributed by atoms with Gasteiger partial charge in [-0.3, -0.25) is 4.79 Å². The van der Waals surface area contributed by atoms with E-state index >= 15 is 0 Å². The van der Waals surface area contributed by atoms with Gasteiger partial charge in [-0.05, 0) is 49.1 Å². The first-order chi connectivity index (χ1) is 13.8. The van der Waals surface area contributed by atoms with Crippen LogP contribution in [0.15, 0.2) is 41.3 Å². The molecule has 2 aromatic rings. The van der Waals surface area contributed by atoms with Crippen LogP contribution in [0.25, 0.3) is 0 Å². The monoisotopic (exact) mass is 456 g/mol. The van der Waals surface area contributed by atoms with Gasteiger partial charge in [-0.1, -0.05) is 35.3 Å². The number of hydrogen-bond acceptors (Lipinski definition) is 4. The van der Waals surface area contributed by atoms with Gasteiger partial charge >= 0.3 is 0 Å². The van der Waals surface area contributed by atoms with Gasteiger partial charge in [-0.2, -0.15) is 0 Å². The zero-order chi connectivity index (χ0) is 21.0. The maximum absolute atomic E-state index is 12.8. The average molecular weight is 457 g/mol. The Balaban J connectivity index is 1.74. The molecule has 0 aliphatic carbocycles. The summed E-state index contributed by atoms with van der Waals surface area (Å²) in [7, 11) is -2.32. The standard InChI is InChI=1S/C20H22Cl2N2O4S/c1-28-15-6-4-14(5-7-15)8-9-23-29(26,27)19-12-16(17(21)13-18(19)22)20(25)24-10-2-3-11-24/h4-7,12-13,23H,2-3,8-11H2,1H3. The molecule has 1 fully saturated rings. The molecule has 3 rings (SSSR count). The van der Waals surface area contributed by atoms with E-state index < -0.39 is 10.0 Å². The summed E-state index contributed by atoms with van der Waals surface area (Å²) in [4.78, 5) is 14.2. The number of carbonyl (C=O) groups excluding carboxylic acids is 1. The molecule has 0 bridgehead atoms. The molecule has 0 unspecified atom stereocenters. The number of rotatable bonds is 7. The van der Waals surface area contributed by atoms with Crippen LogP contribution in [0.5, 0.6) is 5.75 Å². The molecular formula is C20H22Cl2N2O4S. The third-order valence-corrected chi connectivity index (χ3v) is 7.04. The van der Waals surface area contributed by atoms with E-state index in [2.05, 4.69) is 4.72 Å². The lowest BCUT2D eigenvalue weighted by molar-refractivity contribution is 0.0792. The first-order valence-electron chi connectivity index (χ1n) is 9.23. The van der Waals surface area contributed by atoms with Crippen molar-refractivity contribution < 1.29 is 17.9 Å². The number of hydrogen-bond donors (Lipinski definition) is 1. The highest BCUT2D eigenvalue weighted by Crippen LogP contribution is 2.30. The average Bonchev–Trinajstić information content (AvgIpc) is 3.22. The Morgan fingerprint density at radius 2 is 1.76 bits per heavy atom. The molecule has 0 atom stereocenters. The Morgan fingerprint density at radius 3 is 2.38 bits per heavy atom. The van der Waals surface area contributed by atoms with Gasteiger partial charge in [-0.25, -0.2) is 13.1 Å². The van der Waals surface area contributed by atoms with E-state index in [1.54, 1.807) is 12.0 Å². The van der Waals surface area contributed by atoms with Crippen LogP contribution in [0.1, 0.15) is 28.8 Å². The zero-order valence-electron chi connectivity index (χ0n) is 16.0. The molecule has 29 heavy (non-hydrogen) atoms. The third-order valence-electron chi connectivity index (χ3n) is 4.80. The van der Waals surface area contributed by atoms with E-state index in [1.165, 1.54) is 12.1 Å². The van der Waals surface area contributed by atoms with E-state index in [-0.39, 0.29) is 33.0 Å². The van der Waals surface area contributed by atoms with Crippen LogP contribution in [0.4, 0.5) is 0 Å². The number of sulfonamides is 1. The maximum atomic E-state index is 12.8. The fourth-order valence-electron chi connectivity index (χ4n) is 3.19. The molecular weight excluding hydrogens is 435 g/mol. The van der Waals surface area contributed by atoms with E-state index in [0.717, 1.165) is 24.2 Å². The van der Waals surface area contributed by atoms with Crippen LogP contribution < -0.4 is 9.46 Å². The van der Waals surface area contributed by atoms with Crippen molar-refractivity contribution in [3.63, 3.8) is 0 Å². The number of likely N-dealkylation sites (tertiary alicyclic amines) is 1. The van der Waals surface area contributed by atoms with Crippen LogP contribution in [0.2, 0.25) is 10.0 Å². The molecule has 1 saturated heterocycles. The molecule has 0 saturated carbocycles. The molecule has 0 radical (unpaired) electrons. The second-order valence-corrected chi connectivity index (χ2v) is 9.31. The van der Waals surface area contributed by atoms with Gasteiger partial charge in [0.25, 0.3) is 5.91 Å². The van der Waals surface area contributed by atoms with Gasteiger partial charge in [0.05, 0.1) is 22.7 Å². The predicted octanol–water partition coefficient (Wildman–Crippen LogP) is 3.76. The van der Waals surface area contributed by atoms with Crippen LogP contribution in [0.3, 0.4) is 0 Å². The summed E-state index contributed by atoms with van der Waals surface area (Å²) in [6.45, 7) is 1.46. The lowest BCUT2D eigenvalue weighted by atomic mass is 10.1. The lowest BCUT2D eigenvalue weighted by Crippen LogP contribution is -2.29. The molecule has 1 aliphatic rings. The SMILES string of the molecule is COc1ccc(CCNS(=O)(=O)c2cc(C(=O)N3CCCC3)c(Cl)cc2Cl)cc1. The van der Waals surface area contributed by atoms with Crippen molar-refractivity contribution in [2.24, 2.45) is 0 Å². The second kappa shape index (κ2) is 9.34. The minimum Gasteiger partial charge on any atom is -0.497 e. The van der Waals surface area contributed by atoms with Crippen molar-refractivity contribution >= 4 is 39.1 Å². The van der Waals surface area contributed by atoms with Crippen molar-refractivity contribution in [2.75, 3.05) is 26.7 Å². The minimum absolute atomic E-state index is 0.0232. The number of carbonyl (C=O) groups is 1. The Hall–Kier alpha value is -1.80. The zero-order valence-corrected chi connectivity index (χ0v) is 18.3. The Kier molecular flexibility index (Phi) is 7.05. The Labute approximate surface area is 180 Å². The summed E-state index contributed by atoms with van der Waals surface area (Å²) in [5.74, 6) is 0.455. The highest BCUT2D eigenvalue weighted by Gasteiger charge is 2.26. The number of methoxy groups -OCH3 is 1. The fraction of sp³-hybridized carbons (Fsp3) is 0.350. The van der Waals surface area contributed by atoms with Crippen LogP contribution in [-0.4, -0.2) is 46.0 Å². The van der Waals surface area contributed by atoms with Crippen molar-refractivity contribution in [1.29, 1.82) is 0 Å². The number of amides is 1. The smallest absolute Gasteiger partial charge is 0.255 e. The summed E-state index contributed by atoms with van der Waals surface area (Å²) in [5, 5.41) is 0.119. The molecule has 1 amide bonds. The number of halogens is 2. The Bertz CT molecular complexity index is 988.